The van der Waals surface area contributed by atoms with Gasteiger partial charge >= 0.3 is 0 Å². The number of aromatic nitrogens is 2. The first kappa shape index (κ1) is 31.6. The quantitative estimate of drug-likeness (QED) is 0.129. The van der Waals surface area contributed by atoms with Crippen LogP contribution in [0.25, 0.3) is 99.6 Å². The van der Waals surface area contributed by atoms with Crippen molar-refractivity contribution in [1.82, 2.24) is 9.97 Å². The van der Waals surface area contributed by atoms with E-state index in [2.05, 4.69) is 200 Å². The van der Waals surface area contributed by atoms with Crippen LogP contribution in [-0.4, -0.2) is 9.97 Å². The Kier molecular flexibility index (Phi) is 7.85. The predicted octanol–water partition coefficient (Wildman–Crippen LogP) is 13.9. The molecule has 0 N–H and O–H groups in total. The Morgan fingerprint density at radius 1 is 0.278 bits per heavy atom. The molecule has 10 aromatic rings. The van der Waals surface area contributed by atoms with Crippen LogP contribution in [0.15, 0.2) is 206 Å². The fourth-order valence-electron chi connectivity index (χ4n) is 7.99. The summed E-state index contributed by atoms with van der Waals surface area (Å²) in [6.07, 6.45) is 0. The molecule has 0 aliphatic carbocycles. The van der Waals surface area contributed by atoms with Crippen molar-refractivity contribution in [2.45, 2.75) is 0 Å². The van der Waals surface area contributed by atoms with Gasteiger partial charge in [0.1, 0.15) is 0 Å². The van der Waals surface area contributed by atoms with Gasteiger partial charge in [-0.15, -0.1) is 0 Å². The zero-order valence-corrected chi connectivity index (χ0v) is 29.5. The van der Waals surface area contributed by atoms with Crippen LogP contribution in [0.4, 0.5) is 0 Å². The molecule has 1 aromatic heterocycles. The summed E-state index contributed by atoms with van der Waals surface area (Å²) in [5, 5.41) is 7.14. The third kappa shape index (κ3) is 5.53. The Bertz CT molecular complexity index is 2960. The van der Waals surface area contributed by atoms with E-state index in [0.717, 1.165) is 50.2 Å². The Balaban J connectivity index is 1.33. The molecule has 0 saturated carbocycles. The Morgan fingerprint density at radius 2 is 0.815 bits per heavy atom. The number of rotatable bonds is 6. The van der Waals surface area contributed by atoms with E-state index in [9.17, 15) is 0 Å². The van der Waals surface area contributed by atoms with Crippen LogP contribution in [0.2, 0.25) is 0 Å². The van der Waals surface area contributed by atoms with Gasteiger partial charge in [-0.1, -0.05) is 194 Å². The summed E-state index contributed by atoms with van der Waals surface area (Å²) in [5.74, 6) is 0.693. The van der Waals surface area contributed by atoms with Gasteiger partial charge in [-0.05, 0) is 72.4 Å². The van der Waals surface area contributed by atoms with Crippen LogP contribution >= 0.6 is 0 Å². The normalized spacial score (nSPS) is 11.3. The number of nitrogens with zero attached hydrogens (tertiary/aromatic N) is 2. The monoisotopic (exact) mass is 686 g/mol. The van der Waals surface area contributed by atoms with E-state index in [1.807, 2.05) is 6.07 Å². The van der Waals surface area contributed by atoms with E-state index in [1.54, 1.807) is 0 Å². The maximum atomic E-state index is 5.47. The first-order valence-corrected chi connectivity index (χ1v) is 18.4. The largest absolute Gasteiger partial charge is 0.228 e. The molecule has 0 unspecified atom stereocenters. The fourth-order valence-corrected chi connectivity index (χ4v) is 7.99. The first-order valence-electron chi connectivity index (χ1n) is 18.4. The SMILES string of the molecule is c1ccc(-c2ccc(-c3cc(-c4c5ccccc5c(-c5ccccc5)c5ccc6ccccc6c45)nc(-c4ccccc4)n3)c(-c3ccccc3)c2)cc1. The van der Waals surface area contributed by atoms with Crippen molar-refractivity contribution >= 4 is 32.3 Å². The second-order valence-corrected chi connectivity index (χ2v) is 13.7. The molecule has 0 atom stereocenters. The van der Waals surface area contributed by atoms with Gasteiger partial charge in [0.2, 0.25) is 0 Å². The smallest absolute Gasteiger partial charge is 0.160 e. The van der Waals surface area contributed by atoms with Crippen LogP contribution in [-0.2, 0) is 0 Å². The minimum Gasteiger partial charge on any atom is -0.228 e. The molecule has 0 spiro atoms. The summed E-state index contributed by atoms with van der Waals surface area (Å²) in [7, 11) is 0. The summed E-state index contributed by atoms with van der Waals surface area (Å²) in [6, 6.07) is 73.4. The Hall–Kier alpha value is -7.16. The number of benzene rings is 9. The minimum absolute atomic E-state index is 0.693. The van der Waals surface area contributed by atoms with Crippen LogP contribution in [0, 0.1) is 0 Å². The molecule has 1 heterocycles. The van der Waals surface area contributed by atoms with Gasteiger partial charge in [0.15, 0.2) is 5.82 Å². The van der Waals surface area contributed by atoms with E-state index in [-0.39, 0.29) is 0 Å². The summed E-state index contributed by atoms with van der Waals surface area (Å²) < 4.78 is 0. The number of hydrogen-bond donors (Lipinski definition) is 0. The lowest BCUT2D eigenvalue weighted by molar-refractivity contribution is 1.19. The number of hydrogen-bond acceptors (Lipinski definition) is 2. The molecular formula is C52H34N2. The molecule has 0 radical (unpaired) electrons. The Morgan fingerprint density at radius 3 is 1.50 bits per heavy atom. The topological polar surface area (TPSA) is 25.8 Å². The molecule has 252 valence electrons. The summed E-state index contributed by atoms with van der Waals surface area (Å²) in [4.78, 5) is 10.8. The maximum Gasteiger partial charge on any atom is 0.160 e. The first-order chi connectivity index (χ1) is 26.8. The van der Waals surface area contributed by atoms with Crippen molar-refractivity contribution in [2.75, 3.05) is 0 Å². The standard InChI is InChI=1S/C52H34N2/c1-5-17-35(18-6-1)40-30-31-42(46(33-40)36-19-7-2-8-20-36)47-34-48(54-52(53-47)39-24-11-4-12-25-39)51-44-28-16-15-27-43(44)49(38-22-9-3-10-23-38)45-32-29-37-21-13-14-26-41(37)50(45)51/h1-34H. The molecule has 0 fully saturated rings. The Labute approximate surface area is 314 Å². The van der Waals surface area contributed by atoms with E-state index in [4.69, 9.17) is 9.97 Å². The predicted molar refractivity (Wildman–Crippen MR) is 227 cm³/mol. The van der Waals surface area contributed by atoms with Crippen molar-refractivity contribution < 1.29 is 0 Å². The average Bonchev–Trinajstić information content (AvgIpc) is 3.26. The van der Waals surface area contributed by atoms with E-state index in [0.29, 0.717) is 5.82 Å². The van der Waals surface area contributed by atoms with Gasteiger partial charge in [0.05, 0.1) is 11.4 Å². The fraction of sp³-hybridized carbons (Fsp3) is 0. The minimum atomic E-state index is 0.693. The molecule has 10 rings (SSSR count). The molecule has 2 nitrogen and oxygen atoms in total. The highest BCUT2D eigenvalue weighted by atomic mass is 14.9. The molecule has 0 aliphatic rings. The summed E-state index contributed by atoms with van der Waals surface area (Å²) in [5.41, 5.74) is 11.9. The summed E-state index contributed by atoms with van der Waals surface area (Å²) >= 11 is 0. The molecule has 54 heavy (non-hydrogen) atoms. The second kappa shape index (κ2) is 13.4. The van der Waals surface area contributed by atoms with Crippen molar-refractivity contribution in [1.29, 1.82) is 0 Å². The van der Waals surface area contributed by atoms with Gasteiger partial charge in [0, 0.05) is 22.1 Å². The zero-order chi connectivity index (χ0) is 35.8. The third-order valence-corrected chi connectivity index (χ3v) is 10.5. The molecule has 0 amide bonds. The van der Waals surface area contributed by atoms with Crippen LogP contribution in [0.1, 0.15) is 0 Å². The van der Waals surface area contributed by atoms with Crippen molar-refractivity contribution in [3.63, 3.8) is 0 Å². The molecule has 0 bridgehead atoms. The van der Waals surface area contributed by atoms with Gasteiger partial charge in [-0.25, -0.2) is 9.97 Å². The third-order valence-electron chi connectivity index (χ3n) is 10.5. The maximum absolute atomic E-state index is 5.47. The van der Waals surface area contributed by atoms with Gasteiger partial charge in [-0.3, -0.25) is 0 Å². The van der Waals surface area contributed by atoms with Crippen LogP contribution < -0.4 is 0 Å². The second-order valence-electron chi connectivity index (χ2n) is 13.7. The lowest BCUT2D eigenvalue weighted by Crippen LogP contribution is -1.99. The average molecular weight is 687 g/mol. The molecule has 9 aromatic carbocycles. The molecule has 0 aliphatic heterocycles. The van der Waals surface area contributed by atoms with E-state index in [1.165, 1.54) is 43.6 Å². The highest BCUT2D eigenvalue weighted by molar-refractivity contribution is 6.27. The lowest BCUT2D eigenvalue weighted by atomic mass is 9.85. The number of fused-ring (bicyclic) bond motifs is 4. The van der Waals surface area contributed by atoms with E-state index < -0.39 is 0 Å². The highest BCUT2D eigenvalue weighted by Crippen LogP contribution is 2.47. The van der Waals surface area contributed by atoms with Crippen molar-refractivity contribution in [3.8, 4) is 67.3 Å². The zero-order valence-electron chi connectivity index (χ0n) is 29.5. The van der Waals surface area contributed by atoms with Gasteiger partial charge in [-0.2, -0.15) is 0 Å². The van der Waals surface area contributed by atoms with Crippen molar-refractivity contribution in [2.24, 2.45) is 0 Å². The summed E-state index contributed by atoms with van der Waals surface area (Å²) in [6.45, 7) is 0. The molecule has 2 heteroatoms. The van der Waals surface area contributed by atoms with Gasteiger partial charge < -0.3 is 0 Å². The van der Waals surface area contributed by atoms with Crippen LogP contribution in [0.5, 0.6) is 0 Å². The lowest BCUT2D eigenvalue weighted by Gasteiger charge is -2.20. The highest BCUT2D eigenvalue weighted by Gasteiger charge is 2.22. The molecular weight excluding hydrogens is 653 g/mol. The van der Waals surface area contributed by atoms with Crippen LogP contribution in [0.3, 0.4) is 0 Å². The molecule has 0 saturated heterocycles. The van der Waals surface area contributed by atoms with Crippen molar-refractivity contribution in [3.05, 3.63) is 206 Å². The van der Waals surface area contributed by atoms with Gasteiger partial charge in [0.25, 0.3) is 0 Å². The van der Waals surface area contributed by atoms with E-state index >= 15 is 0 Å².